The Hall–Kier alpha value is -2.34. The first-order chi connectivity index (χ1) is 12.1. The van der Waals surface area contributed by atoms with Crippen LogP contribution >= 0.6 is 0 Å². The van der Waals surface area contributed by atoms with Crippen molar-refractivity contribution in [3.05, 3.63) is 53.5 Å². The Morgan fingerprint density at radius 1 is 1.28 bits per heavy atom. The molecule has 1 amide bonds. The highest BCUT2D eigenvalue weighted by Crippen LogP contribution is 2.16. The summed E-state index contributed by atoms with van der Waals surface area (Å²) in [7, 11) is 0. The number of nitrogens with two attached hydrogens (primary N) is 2. The smallest absolute Gasteiger partial charge is 0.234 e. The summed E-state index contributed by atoms with van der Waals surface area (Å²) >= 11 is 0. The lowest BCUT2D eigenvalue weighted by Crippen LogP contribution is -2.39. The number of hydrogen-bond acceptors (Lipinski definition) is 4. The maximum absolute atomic E-state index is 13.9. The molecule has 0 bridgehead atoms. The number of carbonyl (C=O) groups is 1. The van der Waals surface area contributed by atoms with Gasteiger partial charge >= 0.3 is 0 Å². The summed E-state index contributed by atoms with van der Waals surface area (Å²) in [6, 6.07) is 4.64. The van der Waals surface area contributed by atoms with Crippen LogP contribution in [0, 0.1) is 5.82 Å². The third-order valence-electron chi connectivity index (χ3n) is 4.26. The number of hydrogen-bond donors (Lipinski definition) is 3. The molecule has 5 N–H and O–H groups in total. The van der Waals surface area contributed by atoms with Crippen LogP contribution in [0.3, 0.4) is 0 Å². The summed E-state index contributed by atoms with van der Waals surface area (Å²) in [5, 5.41) is 2.88. The SMILES string of the molecule is N/C=C\C(=C/CNC(=O)CN1CCCCC1)Cc1ccc(N)cc1F. The van der Waals surface area contributed by atoms with Crippen molar-refractivity contribution >= 4 is 11.6 Å². The number of nitrogen functional groups attached to an aromatic ring is 1. The highest BCUT2D eigenvalue weighted by molar-refractivity contribution is 5.78. The molecule has 0 unspecified atom stereocenters. The van der Waals surface area contributed by atoms with E-state index in [1.54, 1.807) is 18.2 Å². The standard InChI is InChI=1S/C19H27FN4O/c20-18-13-17(22)5-4-16(18)12-15(6-8-21)7-9-23-19(25)14-24-10-2-1-3-11-24/h4-8,13H,1-3,9-12,14,21-22H2,(H,23,25)/b8-6-,15-7+. The minimum absolute atomic E-state index is 0.00731. The van der Waals surface area contributed by atoms with Gasteiger partial charge in [-0.3, -0.25) is 9.69 Å². The fourth-order valence-corrected chi connectivity index (χ4v) is 2.92. The molecule has 1 aromatic rings. The summed E-state index contributed by atoms with van der Waals surface area (Å²) in [4.78, 5) is 14.2. The van der Waals surface area contributed by atoms with Gasteiger partial charge in [-0.15, -0.1) is 0 Å². The van der Waals surface area contributed by atoms with Crippen molar-refractivity contribution < 1.29 is 9.18 Å². The molecular weight excluding hydrogens is 319 g/mol. The number of amides is 1. The number of carbonyl (C=O) groups excluding carboxylic acids is 1. The van der Waals surface area contributed by atoms with Gasteiger partial charge in [0.2, 0.25) is 5.91 Å². The molecule has 0 saturated carbocycles. The number of rotatable bonds is 7. The predicted octanol–water partition coefficient (Wildman–Crippen LogP) is 1.95. The number of allylic oxidation sites excluding steroid dienone is 2. The molecule has 1 saturated heterocycles. The van der Waals surface area contributed by atoms with E-state index in [0.717, 1.165) is 31.5 Å². The molecule has 0 aromatic heterocycles. The second kappa shape index (κ2) is 9.84. The van der Waals surface area contributed by atoms with Crippen LogP contribution in [0.25, 0.3) is 0 Å². The largest absolute Gasteiger partial charge is 0.405 e. The molecule has 0 spiro atoms. The molecule has 0 radical (unpaired) electrons. The van der Waals surface area contributed by atoms with Gasteiger partial charge < -0.3 is 16.8 Å². The van der Waals surface area contributed by atoms with Crippen LogP contribution < -0.4 is 16.8 Å². The van der Waals surface area contributed by atoms with Crippen molar-refractivity contribution in [2.24, 2.45) is 5.73 Å². The van der Waals surface area contributed by atoms with Crippen molar-refractivity contribution in [3.8, 4) is 0 Å². The van der Waals surface area contributed by atoms with Gasteiger partial charge in [-0.1, -0.05) is 18.6 Å². The summed E-state index contributed by atoms with van der Waals surface area (Å²) in [6.07, 6.45) is 8.94. The van der Waals surface area contributed by atoms with Gasteiger partial charge in [0.25, 0.3) is 0 Å². The third kappa shape index (κ3) is 6.58. The molecular formula is C19H27FN4O. The van der Waals surface area contributed by atoms with Gasteiger partial charge in [0.15, 0.2) is 0 Å². The molecule has 25 heavy (non-hydrogen) atoms. The first kappa shape index (κ1) is 19.0. The fourth-order valence-electron chi connectivity index (χ4n) is 2.92. The molecule has 1 fully saturated rings. The van der Waals surface area contributed by atoms with E-state index in [0.29, 0.717) is 30.8 Å². The van der Waals surface area contributed by atoms with Gasteiger partial charge in [-0.2, -0.15) is 0 Å². The number of nitrogens with one attached hydrogen (secondary N) is 1. The molecule has 2 rings (SSSR count). The number of nitrogens with zero attached hydrogens (tertiary/aromatic N) is 1. The summed E-state index contributed by atoms with van der Waals surface area (Å²) in [5.74, 6) is -0.335. The highest BCUT2D eigenvalue weighted by Gasteiger charge is 2.13. The second-order valence-corrected chi connectivity index (χ2v) is 6.31. The normalized spacial score (nSPS) is 16.3. The number of halogens is 1. The van der Waals surface area contributed by atoms with Crippen LogP contribution in [0.4, 0.5) is 10.1 Å². The Kier molecular flexibility index (Phi) is 7.47. The Balaban J connectivity index is 1.87. The van der Waals surface area contributed by atoms with Gasteiger partial charge in [0, 0.05) is 18.7 Å². The van der Waals surface area contributed by atoms with E-state index in [-0.39, 0.29) is 11.7 Å². The van der Waals surface area contributed by atoms with Crippen molar-refractivity contribution in [1.82, 2.24) is 10.2 Å². The lowest BCUT2D eigenvalue weighted by atomic mass is 10.0. The molecule has 6 heteroatoms. The average Bonchev–Trinajstić information content (AvgIpc) is 2.58. The van der Waals surface area contributed by atoms with Crippen molar-refractivity contribution in [2.45, 2.75) is 25.7 Å². The molecule has 1 aliphatic rings. The van der Waals surface area contributed by atoms with Crippen molar-refractivity contribution in [2.75, 3.05) is 31.9 Å². The Labute approximate surface area is 148 Å². The fraction of sp³-hybridized carbons (Fsp3) is 0.421. The van der Waals surface area contributed by atoms with Crippen LogP contribution in [0.2, 0.25) is 0 Å². The van der Waals surface area contributed by atoms with E-state index in [1.807, 2.05) is 6.08 Å². The van der Waals surface area contributed by atoms with E-state index in [9.17, 15) is 9.18 Å². The van der Waals surface area contributed by atoms with E-state index >= 15 is 0 Å². The Bertz CT molecular complexity index is 636. The third-order valence-corrected chi connectivity index (χ3v) is 4.26. The molecule has 1 heterocycles. The first-order valence-corrected chi connectivity index (χ1v) is 8.68. The predicted molar refractivity (Wildman–Crippen MR) is 99.2 cm³/mol. The maximum atomic E-state index is 13.9. The van der Waals surface area contributed by atoms with E-state index < -0.39 is 0 Å². The van der Waals surface area contributed by atoms with E-state index in [4.69, 9.17) is 11.5 Å². The first-order valence-electron chi connectivity index (χ1n) is 8.68. The molecule has 0 atom stereocenters. The zero-order chi connectivity index (χ0) is 18.1. The number of piperidine rings is 1. The van der Waals surface area contributed by atoms with Crippen LogP contribution in [0.5, 0.6) is 0 Å². The molecule has 5 nitrogen and oxygen atoms in total. The van der Waals surface area contributed by atoms with E-state index in [2.05, 4.69) is 10.2 Å². The molecule has 136 valence electrons. The lowest BCUT2D eigenvalue weighted by molar-refractivity contribution is -0.122. The molecule has 1 aromatic carbocycles. The second-order valence-electron chi connectivity index (χ2n) is 6.31. The monoisotopic (exact) mass is 346 g/mol. The van der Waals surface area contributed by atoms with Crippen molar-refractivity contribution in [3.63, 3.8) is 0 Å². The van der Waals surface area contributed by atoms with E-state index in [1.165, 1.54) is 18.7 Å². The average molecular weight is 346 g/mol. The zero-order valence-corrected chi connectivity index (χ0v) is 14.5. The van der Waals surface area contributed by atoms with Gasteiger partial charge in [-0.05, 0) is 61.5 Å². The Morgan fingerprint density at radius 3 is 2.72 bits per heavy atom. The van der Waals surface area contributed by atoms with Crippen LogP contribution in [0.1, 0.15) is 24.8 Å². The van der Waals surface area contributed by atoms with Gasteiger partial charge in [-0.25, -0.2) is 4.39 Å². The maximum Gasteiger partial charge on any atom is 0.234 e. The Morgan fingerprint density at radius 2 is 2.04 bits per heavy atom. The topological polar surface area (TPSA) is 84.4 Å². The minimum Gasteiger partial charge on any atom is -0.405 e. The number of anilines is 1. The van der Waals surface area contributed by atoms with Gasteiger partial charge in [0.05, 0.1) is 6.54 Å². The number of benzene rings is 1. The van der Waals surface area contributed by atoms with Crippen molar-refractivity contribution in [1.29, 1.82) is 0 Å². The van der Waals surface area contributed by atoms with Crippen LogP contribution in [-0.4, -0.2) is 37.0 Å². The summed E-state index contributed by atoms with van der Waals surface area (Å²) in [5.41, 5.74) is 12.8. The molecule has 0 aliphatic carbocycles. The van der Waals surface area contributed by atoms with Gasteiger partial charge in [0.1, 0.15) is 5.82 Å². The summed E-state index contributed by atoms with van der Waals surface area (Å²) in [6.45, 7) is 2.80. The lowest BCUT2D eigenvalue weighted by Gasteiger charge is -2.25. The quantitative estimate of drug-likeness (QED) is 0.520. The highest BCUT2D eigenvalue weighted by atomic mass is 19.1. The number of likely N-dealkylation sites (tertiary alicyclic amines) is 1. The molecule has 1 aliphatic heterocycles. The minimum atomic E-state index is -0.342. The van der Waals surface area contributed by atoms with Crippen LogP contribution in [0.15, 0.2) is 42.1 Å². The van der Waals surface area contributed by atoms with Crippen LogP contribution in [-0.2, 0) is 11.2 Å². The zero-order valence-electron chi connectivity index (χ0n) is 14.5. The summed E-state index contributed by atoms with van der Waals surface area (Å²) < 4.78 is 13.9.